The number of ether oxygens (including phenoxy) is 1. The van der Waals surface area contributed by atoms with Crippen molar-refractivity contribution in [2.45, 2.75) is 83.3 Å². The van der Waals surface area contributed by atoms with Crippen molar-refractivity contribution in [2.24, 2.45) is 28.6 Å². The van der Waals surface area contributed by atoms with E-state index < -0.39 is 0 Å². The first kappa shape index (κ1) is 13.1. The van der Waals surface area contributed by atoms with Gasteiger partial charge in [-0.1, -0.05) is 20.3 Å². The van der Waals surface area contributed by atoms with Crippen LogP contribution in [0.3, 0.4) is 0 Å². The van der Waals surface area contributed by atoms with Crippen molar-refractivity contribution in [1.82, 2.24) is 0 Å². The molecule has 0 aromatic carbocycles. The second-order valence-corrected chi connectivity index (χ2v) is 9.27. The molecule has 5 aliphatic rings. The van der Waals surface area contributed by atoms with E-state index in [1.807, 2.05) is 0 Å². The Hall–Kier alpha value is -0.370. The first-order valence-corrected chi connectivity index (χ1v) is 9.21. The Morgan fingerprint density at radius 3 is 2.71 bits per heavy atom. The molecule has 7 atom stereocenters. The third-order valence-corrected chi connectivity index (χ3v) is 8.73. The van der Waals surface area contributed by atoms with Gasteiger partial charge in [-0.25, -0.2) is 0 Å². The van der Waals surface area contributed by atoms with Crippen LogP contribution in [-0.4, -0.2) is 17.5 Å². The minimum Gasteiger partial charge on any atom is -0.357 e. The summed E-state index contributed by atoms with van der Waals surface area (Å²) < 4.78 is 6.12. The summed E-state index contributed by atoms with van der Waals surface area (Å²) >= 11 is 0. The number of fused-ring (bicyclic) bond motifs is 4. The molecule has 1 aliphatic heterocycles. The Morgan fingerprint density at radius 1 is 1.00 bits per heavy atom. The number of Topliss-reactive ketones (excluding diaryl/α,β-unsaturated/α-hetero) is 1. The van der Waals surface area contributed by atoms with E-state index in [1.54, 1.807) is 0 Å². The molecule has 4 aliphatic carbocycles. The molecule has 0 bridgehead atoms. The normalized spacial score (nSPS) is 61.5. The van der Waals surface area contributed by atoms with Crippen LogP contribution in [0.15, 0.2) is 0 Å². The molecule has 0 aromatic heterocycles. The van der Waals surface area contributed by atoms with E-state index >= 15 is 0 Å². The van der Waals surface area contributed by atoms with E-state index in [9.17, 15) is 4.79 Å². The highest BCUT2D eigenvalue weighted by Crippen LogP contribution is 2.72. The monoisotopic (exact) mass is 288 g/mol. The molecule has 0 radical (unpaired) electrons. The summed E-state index contributed by atoms with van der Waals surface area (Å²) in [5.74, 6) is 3.09. The molecule has 0 N–H and O–H groups in total. The van der Waals surface area contributed by atoms with Crippen molar-refractivity contribution in [3.63, 3.8) is 0 Å². The Balaban J connectivity index is 1.52. The third kappa shape index (κ3) is 1.37. The lowest BCUT2D eigenvalue weighted by Crippen LogP contribution is -2.57. The number of hydrogen-bond acceptors (Lipinski definition) is 2. The zero-order chi connectivity index (χ0) is 14.5. The van der Waals surface area contributed by atoms with E-state index in [4.69, 9.17) is 4.74 Å². The van der Waals surface area contributed by atoms with Gasteiger partial charge in [0.15, 0.2) is 5.78 Å². The van der Waals surface area contributed by atoms with Gasteiger partial charge in [0.05, 0.1) is 0 Å². The standard InChI is InChI=1S/C19H28O2/c1-17-8-3-4-13(17)12-5-11-19-16(21-19)15(20)7-10-18(19,2)14(12)6-9-17/h12-14,16H,3-11H2,1-2H3/t12-,13+,14-,16+,17+,18-,19+/m0/s1. The van der Waals surface area contributed by atoms with Crippen LogP contribution in [0.25, 0.3) is 0 Å². The SMILES string of the molecule is C[C@]12CCC[C@@H]1[C@@H]1CC[C@@]34O[C@@H]3C(=O)CC[C@@]4(C)[C@H]1CC2. The van der Waals surface area contributed by atoms with Crippen molar-refractivity contribution in [3.05, 3.63) is 0 Å². The summed E-state index contributed by atoms with van der Waals surface area (Å²) in [6.07, 6.45) is 11.5. The van der Waals surface area contributed by atoms with Crippen LogP contribution in [-0.2, 0) is 9.53 Å². The van der Waals surface area contributed by atoms with Crippen molar-refractivity contribution in [2.75, 3.05) is 0 Å². The Kier molecular flexibility index (Phi) is 2.34. The molecule has 116 valence electrons. The number of ketones is 1. The molecule has 1 heterocycles. The second-order valence-electron chi connectivity index (χ2n) is 9.27. The quantitative estimate of drug-likeness (QED) is 0.628. The molecule has 1 saturated heterocycles. The molecule has 2 heteroatoms. The lowest BCUT2D eigenvalue weighted by atomic mass is 9.45. The summed E-state index contributed by atoms with van der Waals surface area (Å²) in [6.45, 7) is 5.04. The molecule has 1 spiro atoms. The van der Waals surface area contributed by atoms with Crippen molar-refractivity contribution >= 4 is 5.78 Å². The summed E-state index contributed by atoms with van der Waals surface area (Å²) in [7, 11) is 0. The van der Waals surface area contributed by atoms with Gasteiger partial charge in [0.1, 0.15) is 11.7 Å². The summed E-state index contributed by atoms with van der Waals surface area (Å²) in [5.41, 5.74) is 0.893. The highest BCUT2D eigenvalue weighted by atomic mass is 16.6. The summed E-state index contributed by atoms with van der Waals surface area (Å²) in [6, 6.07) is 0. The molecule has 0 amide bonds. The predicted octanol–water partition coefficient (Wildman–Crippen LogP) is 4.12. The fourth-order valence-corrected chi connectivity index (χ4v) is 7.49. The molecular weight excluding hydrogens is 260 g/mol. The largest absolute Gasteiger partial charge is 0.357 e. The molecule has 21 heavy (non-hydrogen) atoms. The zero-order valence-corrected chi connectivity index (χ0v) is 13.5. The topological polar surface area (TPSA) is 29.6 Å². The van der Waals surface area contributed by atoms with Gasteiger partial charge >= 0.3 is 0 Å². The minimum absolute atomic E-state index is 0.0194. The molecule has 0 aromatic rings. The van der Waals surface area contributed by atoms with Crippen LogP contribution in [0.1, 0.15) is 71.6 Å². The Morgan fingerprint density at radius 2 is 1.86 bits per heavy atom. The van der Waals surface area contributed by atoms with Gasteiger partial charge in [-0.05, 0) is 68.1 Å². The maximum absolute atomic E-state index is 12.1. The predicted molar refractivity (Wildman–Crippen MR) is 80.8 cm³/mol. The van der Waals surface area contributed by atoms with Gasteiger partial charge in [0.2, 0.25) is 0 Å². The maximum Gasteiger partial charge on any atom is 0.164 e. The number of carbonyl (C=O) groups is 1. The minimum atomic E-state index is -0.0319. The van der Waals surface area contributed by atoms with Gasteiger partial charge in [-0.2, -0.15) is 0 Å². The van der Waals surface area contributed by atoms with Crippen LogP contribution in [0.5, 0.6) is 0 Å². The van der Waals surface area contributed by atoms with E-state index in [2.05, 4.69) is 13.8 Å². The van der Waals surface area contributed by atoms with Crippen molar-refractivity contribution in [1.29, 1.82) is 0 Å². The molecule has 5 fully saturated rings. The van der Waals surface area contributed by atoms with Gasteiger partial charge in [-0.15, -0.1) is 0 Å². The van der Waals surface area contributed by atoms with E-state index in [0.29, 0.717) is 16.6 Å². The number of epoxide rings is 1. The summed E-state index contributed by atoms with van der Waals surface area (Å²) in [5, 5.41) is 0. The average molecular weight is 288 g/mol. The van der Waals surface area contributed by atoms with Crippen LogP contribution in [0.4, 0.5) is 0 Å². The first-order valence-electron chi connectivity index (χ1n) is 9.21. The van der Waals surface area contributed by atoms with Crippen LogP contribution in [0, 0.1) is 28.6 Å². The van der Waals surface area contributed by atoms with E-state index in [1.165, 1.54) is 38.5 Å². The van der Waals surface area contributed by atoms with Gasteiger partial charge in [-0.3, -0.25) is 4.79 Å². The molecule has 0 unspecified atom stereocenters. The van der Waals surface area contributed by atoms with E-state index in [0.717, 1.165) is 37.0 Å². The Labute approximate surface area is 128 Å². The van der Waals surface area contributed by atoms with Crippen LogP contribution >= 0.6 is 0 Å². The Bertz CT molecular complexity index is 514. The number of hydrogen-bond donors (Lipinski definition) is 0. The van der Waals surface area contributed by atoms with Gasteiger partial charge < -0.3 is 4.74 Å². The smallest absolute Gasteiger partial charge is 0.164 e. The van der Waals surface area contributed by atoms with E-state index in [-0.39, 0.29) is 11.7 Å². The summed E-state index contributed by atoms with van der Waals surface area (Å²) in [4.78, 5) is 12.1. The molecule has 2 nitrogen and oxygen atoms in total. The molecule has 4 saturated carbocycles. The fourth-order valence-electron chi connectivity index (χ4n) is 7.49. The lowest BCUT2D eigenvalue weighted by molar-refractivity contribution is -0.129. The molecule has 5 rings (SSSR count). The van der Waals surface area contributed by atoms with Crippen molar-refractivity contribution < 1.29 is 9.53 Å². The second kappa shape index (κ2) is 3.75. The zero-order valence-electron chi connectivity index (χ0n) is 13.5. The lowest BCUT2D eigenvalue weighted by Gasteiger charge is -2.58. The molecular formula is C19H28O2. The number of carbonyl (C=O) groups excluding carboxylic acids is 1. The third-order valence-electron chi connectivity index (χ3n) is 8.73. The first-order chi connectivity index (χ1) is 10.0. The van der Waals surface area contributed by atoms with Gasteiger partial charge in [0, 0.05) is 11.8 Å². The average Bonchev–Trinajstić information content (AvgIpc) is 3.08. The highest BCUT2D eigenvalue weighted by Gasteiger charge is 2.76. The van der Waals surface area contributed by atoms with Crippen molar-refractivity contribution in [3.8, 4) is 0 Å². The maximum atomic E-state index is 12.1. The highest BCUT2D eigenvalue weighted by molar-refractivity contribution is 5.88. The fraction of sp³-hybridized carbons (Fsp3) is 0.947. The van der Waals surface area contributed by atoms with Gasteiger partial charge in [0.25, 0.3) is 0 Å². The van der Waals surface area contributed by atoms with Crippen LogP contribution in [0.2, 0.25) is 0 Å². The number of rotatable bonds is 0. The van der Waals surface area contributed by atoms with Crippen LogP contribution < -0.4 is 0 Å².